The number of rotatable bonds is 3. The van der Waals surface area contributed by atoms with E-state index in [0.717, 1.165) is 12.8 Å². The van der Waals surface area contributed by atoms with Crippen molar-refractivity contribution >= 4 is 5.78 Å². The molecule has 0 aromatic carbocycles. The smallest absolute Gasteiger partial charge is 0.203 e. The van der Waals surface area contributed by atoms with E-state index in [1.165, 1.54) is 29.4 Å². The van der Waals surface area contributed by atoms with Crippen LogP contribution in [0.2, 0.25) is 0 Å². The van der Waals surface area contributed by atoms with Gasteiger partial charge in [0.15, 0.2) is 5.82 Å². The number of ketones is 1. The predicted octanol–water partition coefficient (Wildman–Crippen LogP) is 1.89. The summed E-state index contributed by atoms with van der Waals surface area (Å²) in [4.78, 5) is 15.8. The first-order valence-electron chi connectivity index (χ1n) is 5.32. The van der Waals surface area contributed by atoms with E-state index >= 15 is 0 Å². The van der Waals surface area contributed by atoms with Crippen LogP contribution < -0.4 is 0 Å². The molecule has 1 aromatic heterocycles. The first-order chi connectivity index (χ1) is 7.27. The van der Waals surface area contributed by atoms with Gasteiger partial charge in [0.2, 0.25) is 5.78 Å². The third-order valence-corrected chi connectivity index (χ3v) is 2.73. The van der Waals surface area contributed by atoms with E-state index in [-0.39, 0.29) is 5.78 Å². The molecule has 0 bridgehead atoms. The predicted molar refractivity (Wildman–Crippen MR) is 56.5 cm³/mol. The summed E-state index contributed by atoms with van der Waals surface area (Å²) in [6.45, 7) is 0. The molecule has 15 heavy (non-hydrogen) atoms. The summed E-state index contributed by atoms with van der Waals surface area (Å²) in [5, 5.41) is 3.90. The van der Waals surface area contributed by atoms with Crippen molar-refractivity contribution in [3.8, 4) is 0 Å². The summed E-state index contributed by atoms with van der Waals surface area (Å²) in [7, 11) is 1.75. The zero-order chi connectivity index (χ0) is 10.7. The lowest BCUT2D eigenvalue weighted by Crippen LogP contribution is -2.10. The molecule has 1 heterocycles. The second-order valence-electron chi connectivity index (χ2n) is 3.92. The van der Waals surface area contributed by atoms with E-state index in [1.54, 1.807) is 7.05 Å². The Kier molecular flexibility index (Phi) is 2.94. The number of aryl methyl sites for hydroxylation is 1. The number of aromatic nitrogens is 3. The molecule has 0 spiro atoms. The molecule has 0 saturated heterocycles. The van der Waals surface area contributed by atoms with Crippen LogP contribution in [0, 0.1) is 0 Å². The largest absolute Gasteiger partial charge is 0.290 e. The summed E-state index contributed by atoms with van der Waals surface area (Å²) >= 11 is 0. The molecule has 0 amide bonds. The highest BCUT2D eigenvalue weighted by Crippen LogP contribution is 2.21. The van der Waals surface area contributed by atoms with E-state index < -0.39 is 0 Å². The zero-order valence-electron chi connectivity index (χ0n) is 8.94. The van der Waals surface area contributed by atoms with Crippen LogP contribution in [0.1, 0.15) is 42.7 Å². The molecule has 4 nitrogen and oxygen atoms in total. The maximum Gasteiger partial charge on any atom is 0.203 e. The van der Waals surface area contributed by atoms with Crippen molar-refractivity contribution in [3.05, 3.63) is 23.8 Å². The Morgan fingerprint density at radius 3 is 3.00 bits per heavy atom. The zero-order valence-corrected chi connectivity index (χ0v) is 8.94. The van der Waals surface area contributed by atoms with Crippen molar-refractivity contribution < 1.29 is 4.79 Å². The van der Waals surface area contributed by atoms with Crippen molar-refractivity contribution in [2.75, 3.05) is 0 Å². The van der Waals surface area contributed by atoms with Crippen LogP contribution in [0.15, 0.2) is 18.0 Å². The van der Waals surface area contributed by atoms with Crippen molar-refractivity contribution in [2.24, 2.45) is 7.05 Å². The second kappa shape index (κ2) is 4.38. The van der Waals surface area contributed by atoms with Crippen LogP contribution in [-0.4, -0.2) is 20.5 Å². The highest BCUT2D eigenvalue weighted by Gasteiger charge is 2.14. The first kappa shape index (κ1) is 10.1. The number of carbonyl (C=O) groups is 1. The van der Waals surface area contributed by atoms with Crippen molar-refractivity contribution in [3.63, 3.8) is 0 Å². The molecule has 1 aliphatic rings. The van der Waals surface area contributed by atoms with E-state index in [2.05, 4.69) is 16.2 Å². The average Bonchev–Trinajstić information content (AvgIpc) is 2.66. The SMILES string of the molecule is Cn1ncnc1C(=O)CC1=CCCCC1. The lowest BCUT2D eigenvalue weighted by molar-refractivity contribution is 0.0977. The third kappa shape index (κ3) is 2.32. The molecular weight excluding hydrogens is 190 g/mol. The Bertz CT molecular complexity index is 392. The van der Waals surface area contributed by atoms with Gasteiger partial charge in [0.1, 0.15) is 6.33 Å². The highest BCUT2D eigenvalue weighted by molar-refractivity contribution is 5.94. The molecule has 0 aliphatic heterocycles. The van der Waals surface area contributed by atoms with Gasteiger partial charge in [0, 0.05) is 13.5 Å². The van der Waals surface area contributed by atoms with Gasteiger partial charge < -0.3 is 0 Å². The average molecular weight is 205 g/mol. The molecule has 1 aliphatic carbocycles. The van der Waals surface area contributed by atoms with Crippen molar-refractivity contribution in [2.45, 2.75) is 32.1 Å². The lowest BCUT2D eigenvalue weighted by atomic mass is 9.95. The van der Waals surface area contributed by atoms with Crippen LogP contribution in [0.5, 0.6) is 0 Å². The molecule has 4 heteroatoms. The van der Waals surface area contributed by atoms with E-state index in [0.29, 0.717) is 12.2 Å². The second-order valence-corrected chi connectivity index (χ2v) is 3.92. The maximum absolute atomic E-state index is 11.8. The molecule has 1 aromatic rings. The third-order valence-electron chi connectivity index (χ3n) is 2.73. The Morgan fingerprint density at radius 1 is 1.53 bits per heavy atom. The van der Waals surface area contributed by atoms with Gasteiger partial charge in [-0.15, -0.1) is 0 Å². The number of allylic oxidation sites excluding steroid dienone is 2. The van der Waals surface area contributed by atoms with Crippen LogP contribution in [0.3, 0.4) is 0 Å². The molecule has 2 rings (SSSR count). The minimum atomic E-state index is 0.0724. The summed E-state index contributed by atoms with van der Waals surface area (Å²) < 4.78 is 1.53. The number of hydrogen-bond acceptors (Lipinski definition) is 3. The summed E-state index contributed by atoms with van der Waals surface area (Å²) in [5.74, 6) is 0.532. The van der Waals surface area contributed by atoms with Crippen LogP contribution in [0.25, 0.3) is 0 Å². The summed E-state index contributed by atoms with van der Waals surface area (Å²) in [5.41, 5.74) is 1.26. The first-order valence-corrected chi connectivity index (χ1v) is 5.32. The van der Waals surface area contributed by atoms with Crippen molar-refractivity contribution in [1.82, 2.24) is 14.8 Å². The molecule has 0 atom stereocenters. The Morgan fingerprint density at radius 2 is 2.40 bits per heavy atom. The standard InChI is InChI=1S/C11H15N3O/c1-14-11(12-8-13-14)10(15)7-9-5-3-2-4-6-9/h5,8H,2-4,6-7H2,1H3. The summed E-state index contributed by atoms with van der Waals surface area (Å²) in [6, 6.07) is 0. The maximum atomic E-state index is 11.8. The Balaban J connectivity index is 2.04. The van der Waals surface area contributed by atoms with Gasteiger partial charge in [-0.25, -0.2) is 9.67 Å². The quantitative estimate of drug-likeness (QED) is 0.559. The number of nitrogens with zero attached hydrogens (tertiary/aromatic N) is 3. The van der Waals surface area contributed by atoms with Gasteiger partial charge in [-0.05, 0) is 25.7 Å². The molecular formula is C11H15N3O. The number of hydrogen-bond donors (Lipinski definition) is 0. The minimum absolute atomic E-state index is 0.0724. The molecule has 0 unspecified atom stereocenters. The van der Waals surface area contributed by atoms with Gasteiger partial charge in [0.25, 0.3) is 0 Å². The fraction of sp³-hybridized carbons (Fsp3) is 0.545. The van der Waals surface area contributed by atoms with Crippen LogP contribution in [0.4, 0.5) is 0 Å². The minimum Gasteiger partial charge on any atom is -0.290 e. The normalized spacial score (nSPS) is 16.2. The number of carbonyl (C=O) groups excluding carboxylic acids is 1. The Labute approximate surface area is 89.0 Å². The van der Waals surface area contributed by atoms with Gasteiger partial charge in [-0.3, -0.25) is 4.79 Å². The number of Topliss-reactive ketones (excluding diaryl/α,β-unsaturated/α-hetero) is 1. The molecule has 80 valence electrons. The van der Waals surface area contributed by atoms with E-state index in [4.69, 9.17) is 0 Å². The van der Waals surface area contributed by atoms with Crippen LogP contribution >= 0.6 is 0 Å². The molecule has 0 saturated carbocycles. The van der Waals surface area contributed by atoms with Crippen molar-refractivity contribution in [1.29, 1.82) is 0 Å². The van der Waals surface area contributed by atoms with Gasteiger partial charge in [-0.2, -0.15) is 5.10 Å². The molecule has 0 fully saturated rings. The van der Waals surface area contributed by atoms with E-state index in [9.17, 15) is 4.79 Å². The van der Waals surface area contributed by atoms with Gasteiger partial charge in [-0.1, -0.05) is 11.6 Å². The summed E-state index contributed by atoms with van der Waals surface area (Å²) in [6.07, 6.45) is 8.75. The van der Waals surface area contributed by atoms with Gasteiger partial charge in [0.05, 0.1) is 0 Å². The fourth-order valence-electron chi connectivity index (χ4n) is 1.90. The van der Waals surface area contributed by atoms with Crippen LogP contribution in [-0.2, 0) is 7.05 Å². The topological polar surface area (TPSA) is 47.8 Å². The molecule has 0 N–H and O–H groups in total. The highest BCUT2D eigenvalue weighted by atomic mass is 16.1. The van der Waals surface area contributed by atoms with E-state index in [1.807, 2.05) is 0 Å². The molecule has 0 radical (unpaired) electrons. The monoisotopic (exact) mass is 205 g/mol. The fourth-order valence-corrected chi connectivity index (χ4v) is 1.90. The lowest BCUT2D eigenvalue weighted by Gasteiger charge is -2.11. The van der Waals surface area contributed by atoms with Gasteiger partial charge >= 0.3 is 0 Å². The Hall–Kier alpha value is -1.45.